The Morgan fingerprint density at radius 2 is 2.03 bits per heavy atom. The van der Waals surface area contributed by atoms with E-state index in [9.17, 15) is 9.59 Å². The SMILES string of the molecule is COc1cccc(-c2nc(CC(=O)N[C@@H](C)C(=O)Nc3cc(C)on3)c(C)o2)c1. The molecule has 29 heavy (non-hydrogen) atoms. The third-order valence-corrected chi connectivity index (χ3v) is 4.19. The van der Waals surface area contributed by atoms with Crippen LogP contribution in [0.4, 0.5) is 5.82 Å². The van der Waals surface area contributed by atoms with Crippen LogP contribution in [0.5, 0.6) is 5.75 Å². The lowest BCUT2D eigenvalue weighted by atomic mass is 10.2. The zero-order valence-electron chi connectivity index (χ0n) is 16.6. The first kappa shape index (κ1) is 20.1. The number of benzene rings is 1. The number of ether oxygens (including phenoxy) is 1. The highest BCUT2D eigenvalue weighted by atomic mass is 16.5. The Morgan fingerprint density at radius 3 is 2.72 bits per heavy atom. The van der Waals surface area contributed by atoms with Crippen molar-refractivity contribution in [2.24, 2.45) is 0 Å². The van der Waals surface area contributed by atoms with Crippen molar-refractivity contribution in [3.05, 3.63) is 47.5 Å². The van der Waals surface area contributed by atoms with Crippen LogP contribution in [0.3, 0.4) is 0 Å². The summed E-state index contributed by atoms with van der Waals surface area (Å²) in [6, 6.07) is 8.12. The van der Waals surface area contributed by atoms with Crippen LogP contribution >= 0.6 is 0 Å². The smallest absolute Gasteiger partial charge is 0.247 e. The second kappa shape index (κ2) is 8.59. The maximum absolute atomic E-state index is 12.4. The number of hydrogen-bond donors (Lipinski definition) is 2. The van der Waals surface area contributed by atoms with E-state index in [1.807, 2.05) is 18.2 Å². The summed E-state index contributed by atoms with van der Waals surface area (Å²) < 4.78 is 15.8. The number of nitrogens with zero attached hydrogens (tertiary/aromatic N) is 2. The molecule has 0 fully saturated rings. The van der Waals surface area contributed by atoms with Crippen LogP contribution in [0.1, 0.15) is 24.1 Å². The Kier molecular flexibility index (Phi) is 5.96. The van der Waals surface area contributed by atoms with Gasteiger partial charge in [0.15, 0.2) is 5.82 Å². The van der Waals surface area contributed by atoms with Crippen molar-refractivity contribution in [2.75, 3.05) is 12.4 Å². The summed E-state index contributed by atoms with van der Waals surface area (Å²) in [6.07, 6.45) is -0.0139. The highest BCUT2D eigenvalue weighted by Gasteiger charge is 2.20. The van der Waals surface area contributed by atoms with Crippen LogP contribution in [0, 0.1) is 13.8 Å². The summed E-state index contributed by atoms with van der Waals surface area (Å²) >= 11 is 0. The summed E-state index contributed by atoms with van der Waals surface area (Å²) in [5.74, 6) is 1.73. The molecule has 0 aliphatic carbocycles. The molecule has 3 aromatic rings. The molecule has 0 unspecified atom stereocenters. The minimum atomic E-state index is -0.760. The van der Waals surface area contributed by atoms with Gasteiger partial charge < -0.3 is 24.3 Å². The molecule has 0 spiro atoms. The lowest BCUT2D eigenvalue weighted by Gasteiger charge is -2.12. The molecule has 0 aliphatic rings. The monoisotopic (exact) mass is 398 g/mol. The van der Waals surface area contributed by atoms with Crippen molar-refractivity contribution < 1.29 is 23.3 Å². The molecule has 9 nitrogen and oxygen atoms in total. The molecule has 2 heterocycles. The summed E-state index contributed by atoms with van der Waals surface area (Å²) in [6.45, 7) is 5.04. The fraction of sp³-hybridized carbons (Fsp3) is 0.300. The lowest BCUT2D eigenvalue weighted by molar-refractivity contribution is -0.125. The molecule has 9 heteroatoms. The van der Waals surface area contributed by atoms with Gasteiger partial charge in [-0.25, -0.2) is 4.98 Å². The van der Waals surface area contributed by atoms with Gasteiger partial charge >= 0.3 is 0 Å². The quantitative estimate of drug-likeness (QED) is 0.628. The van der Waals surface area contributed by atoms with Gasteiger partial charge in [-0.3, -0.25) is 9.59 Å². The zero-order chi connectivity index (χ0) is 21.0. The molecule has 2 amide bonds. The third-order valence-electron chi connectivity index (χ3n) is 4.19. The van der Waals surface area contributed by atoms with E-state index in [1.54, 1.807) is 40.0 Å². The Balaban J connectivity index is 1.61. The van der Waals surface area contributed by atoms with Crippen molar-refractivity contribution in [1.82, 2.24) is 15.5 Å². The minimum absolute atomic E-state index is 0.0139. The molecule has 2 N–H and O–H groups in total. The van der Waals surface area contributed by atoms with Crippen molar-refractivity contribution in [3.8, 4) is 17.2 Å². The number of carbonyl (C=O) groups is 2. The first-order valence-electron chi connectivity index (χ1n) is 9.00. The van der Waals surface area contributed by atoms with E-state index in [4.69, 9.17) is 13.7 Å². The van der Waals surface area contributed by atoms with Crippen LogP contribution in [0.25, 0.3) is 11.5 Å². The number of methoxy groups -OCH3 is 1. The number of aryl methyl sites for hydroxylation is 2. The van der Waals surface area contributed by atoms with Crippen molar-refractivity contribution in [2.45, 2.75) is 33.2 Å². The van der Waals surface area contributed by atoms with E-state index in [1.165, 1.54) is 0 Å². The summed E-state index contributed by atoms with van der Waals surface area (Å²) in [4.78, 5) is 28.9. The number of nitrogens with one attached hydrogen (secondary N) is 2. The molecule has 0 saturated carbocycles. The maximum Gasteiger partial charge on any atom is 0.247 e. The number of hydrogen-bond acceptors (Lipinski definition) is 7. The standard InChI is InChI=1S/C20H22N4O5/c1-11-8-17(24-29-11)23-19(26)12(2)21-18(25)10-16-13(3)28-20(22-16)14-6-5-7-15(9-14)27-4/h5-9,12H,10H2,1-4H3,(H,21,25)(H,23,24,26)/t12-/m0/s1. The molecule has 0 bridgehead atoms. The van der Waals surface area contributed by atoms with Gasteiger partial charge in [0, 0.05) is 11.6 Å². The molecular formula is C20H22N4O5. The largest absolute Gasteiger partial charge is 0.497 e. The molecular weight excluding hydrogens is 376 g/mol. The van der Waals surface area contributed by atoms with Crippen molar-refractivity contribution in [1.29, 1.82) is 0 Å². The Morgan fingerprint density at radius 1 is 1.24 bits per heavy atom. The van der Waals surface area contributed by atoms with Crippen LogP contribution in [0.2, 0.25) is 0 Å². The molecule has 0 aliphatic heterocycles. The molecule has 152 valence electrons. The average molecular weight is 398 g/mol. The van der Waals surface area contributed by atoms with Gasteiger partial charge in [-0.1, -0.05) is 11.2 Å². The molecule has 3 rings (SSSR count). The number of oxazole rings is 1. The molecule has 0 saturated heterocycles. The number of anilines is 1. The highest BCUT2D eigenvalue weighted by Crippen LogP contribution is 2.25. The average Bonchev–Trinajstić information content (AvgIpc) is 3.27. The van der Waals surface area contributed by atoms with E-state index in [-0.39, 0.29) is 12.3 Å². The normalized spacial score (nSPS) is 11.7. The summed E-state index contributed by atoms with van der Waals surface area (Å²) in [7, 11) is 1.58. The van der Waals surface area contributed by atoms with E-state index < -0.39 is 11.9 Å². The van der Waals surface area contributed by atoms with Crippen LogP contribution in [-0.2, 0) is 16.0 Å². The fourth-order valence-corrected chi connectivity index (χ4v) is 2.64. The van der Waals surface area contributed by atoms with E-state index in [0.29, 0.717) is 34.7 Å². The van der Waals surface area contributed by atoms with Crippen LogP contribution < -0.4 is 15.4 Å². The highest BCUT2D eigenvalue weighted by molar-refractivity contribution is 5.96. The number of aromatic nitrogens is 2. The van der Waals surface area contributed by atoms with Gasteiger partial charge in [0.05, 0.1) is 19.2 Å². The van der Waals surface area contributed by atoms with E-state index in [2.05, 4.69) is 20.8 Å². The molecule has 0 radical (unpaired) electrons. The van der Waals surface area contributed by atoms with Gasteiger partial charge in [0.2, 0.25) is 17.7 Å². The summed E-state index contributed by atoms with van der Waals surface area (Å²) in [5.41, 5.74) is 1.25. The Bertz CT molecular complexity index is 1020. The Labute approximate surface area is 167 Å². The predicted molar refractivity (Wildman–Crippen MR) is 104 cm³/mol. The fourth-order valence-electron chi connectivity index (χ4n) is 2.64. The lowest BCUT2D eigenvalue weighted by Crippen LogP contribution is -2.42. The topological polar surface area (TPSA) is 119 Å². The minimum Gasteiger partial charge on any atom is -0.497 e. The molecule has 1 aromatic carbocycles. The van der Waals surface area contributed by atoms with Crippen LogP contribution in [-0.4, -0.2) is 35.1 Å². The zero-order valence-corrected chi connectivity index (χ0v) is 16.6. The van der Waals surface area contributed by atoms with Gasteiger partial charge in [-0.05, 0) is 39.0 Å². The number of rotatable bonds is 7. The number of amides is 2. The Hall–Kier alpha value is -3.62. The third kappa shape index (κ3) is 5.01. The van der Waals surface area contributed by atoms with Crippen LogP contribution in [0.15, 0.2) is 39.3 Å². The van der Waals surface area contributed by atoms with Crippen molar-refractivity contribution >= 4 is 17.6 Å². The van der Waals surface area contributed by atoms with E-state index >= 15 is 0 Å². The second-order valence-corrected chi connectivity index (χ2v) is 6.53. The van der Waals surface area contributed by atoms with Gasteiger partial charge in [-0.2, -0.15) is 0 Å². The molecule has 2 aromatic heterocycles. The van der Waals surface area contributed by atoms with Gasteiger partial charge in [0.25, 0.3) is 0 Å². The summed E-state index contributed by atoms with van der Waals surface area (Å²) in [5, 5.41) is 8.90. The molecule has 1 atom stereocenters. The van der Waals surface area contributed by atoms with Gasteiger partial charge in [0.1, 0.15) is 23.3 Å². The first-order valence-corrected chi connectivity index (χ1v) is 9.00. The predicted octanol–water partition coefficient (Wildman–Crippen LogP) is 2.64. The van der Waals surface area contributed by atoms with Gasteiger partial charge in [-0.15, -0.1) is 0 Å². The second-order valence-electron chi connectivity index (χ2n) is 6.53. The number of carbonyl (C=O) groups excluding carboxylic acids is 2. The van der Waals surface area contributed by atoms with E-state index in [0.717, 1.165) is 5.56 Å². The maximum atomic E-state index is 12.4. The first-order chi connectivity index (χ1) is 13.9. The van der Waals surface area contributed by atoms with Crippen molar-refractivity contribution in [3.63, 3.8) is 0 Å².